The topological polar surface area (TPSA) is 49.8 Å². The van der Waals surface area contributed by atoms with E-state index in [4.69, 9.17) is 0 Å². The average molecular weight is 242 g/mol. The van der Waals surface area contributed by atoms with Crippen LogP contribution in [0.5, 0.6) is 0 Å². The third-order valence-corrected chi connectivity index (χ3v) is 2.52. The number of hydrogen-bond donors (Lipinski definition) is 2. The van der Waals surface area contributed by atoms with E-state index in [2.05, 4.69) is 52.6 Å². The Bertz CT molecular complexity index is 517. The summed E-state index contributed by atoms with van der Waals surface area (Å²) in [6.45, 7) is 7.06. The fourth-order valence-corrected chi connectivity index (χ4v) is 1.90. The van der Waals surface area contributed by atoms with Crippen LogP contribution in [0, 0.1) is 13.8 Å². The molecule has 0 fully saturated rings. The van der Waals surface area contributed by atoms with E-state index in [9.17, 15) is 0 Å². The Labute approximate surface area is 107 Å². The Hall–Kier alpha value is -2.10. The number of benzene rings is 1. The van der Waals surface area contributed by atoms with Crippen LogP contribution in [0.15, 0.2) is 30.6 Å². The quantitative estimate of drug-likeness (QED) is 0.864. The van der Waals surface area contributed by atoms with Gasteiger partial charge in [-0.25, -0.2) is 9.97 Å². The lowest BCUT2D eigenvalue weighted by Gasteiger charge is -2.09. The predicted octanol–water partition coefficient (Wildman–Crippen LogP) is 3.27. The maximum Gasteiger partial charge on any atom is 0.135 e. The molecule has 0 bridgehead atoms. The molecule has 94 valence electrons. The molecule has 0 radical (unpaired) electrons. The Morgan fingerprint density at radius 1 is 0.944 bits per heavy atom. The molecular weight excluding hydrogens is 224 g/mol. The molecule has 0 saturated heterocycles. The normalized spacial score (nSPS) is 10.2. The number of nitrogens with zero attached hydrogens (tertiary/aromatic N) is 2. The fraction of sp³-hybridized carbons (Fsp3) is 0.286. The molecule has 0 aliphatic rings. The largest absolute Gasteiger partial charge is 0.370 e. The first-order chi connectivity index (χ1) is 8.67. The van der Waals surface area contributed by atoms with Gasteiger partial charge < -0.3 is 10.6 Å². The number of aromatic nitrogens is 2. The lowest BCUT2D eigenvalue weighted by atomic mass is 10.1. The zero-order valence-electron chi connectivity index (χ0n) is 11.0. The van der Waals surface area contributed by atoms with E-state index in [1.54, 1.807) is 6.33 Å². The SMILES string of the molecule is CCNc1cc(Nc2cc(C)cc(C)c2)ncn1. The van der Waals surface area contributed by atoms with Crippen LogP contribution in [-0.4, -0.2) is 16.5 Å². The zero-order valence-corrected chi connectivity index (χ0v) is 11.0. The first-order valence-corrected chi connectivity index (χ1v) is 6.08. The van der Waals surface area contributed by atoms with E-state index in [-0.39, 0.29) is 0 Å². The monoisotopic (exact) mass is 242 g/mol. The van der Waals surface area contributed by atoms with E-state index in [0.717, 1.165) is 23.9 Å². The highest BCUT2D eigenvalue weighted by Crippen LogP contribution is 2.19. The van der Waals surface area contributed by atoms with Crippen molar-refractivity contribution >= 4 is 17.3 Å². The summed E-state index contributed by atoms with van der Waals surface area (Å²) in [5, 5.41) is 6.46. The molecule has 0 amide bonds. The van der Waals surface area contributed by atoms with Crippen molar-refractivity contribution in [3.8, 4) is 0 Å². The average Bonchev–Trinajstić information content (AvgIpc) is 2.28. The number of rotatable bonds is 4. The molecule has 1 heterocycles. The number of aryl methyl sites for hydroxylation is 2. The van der Waals surface area contributed by atoms with Crippen molar-refractivity contribution in [1.82, 2.24) is 9.97 Å². The summed E-state index contributed by atoms with van der Waals surface area (Å²) in [6.07, 6.45) is 1.56. The van der Waals surface area contributed by atoms with E-state index in [0.29, 0.717) is 0 Å². The minimum Gasteiger partial charge on any atom is -0.370 e. The molecule has 2 rings (SSSR count). The van der Waals surface area contributed by atoms with Gasteiger partial charge in [-0.1, -0.05) is 6.07 Å². The van der Waals surface area contributed by atoms with Crippen LogP contribution in [0.2, 0.25) is 0 Å². The van der Waals surface area contributed by atoms with Crippen LogP contribution in [0.4, 0.5) is 17.3 Å². The van der Waals surface area contributed by atoms with Crippen LogP contribution < -0.4 is 10.6 Å². The van der Waals surface area contributed by atoms with Gasteiger partial charge in [-0.15, -0.1) is 0 Å². The number of anilines is 3. The standard InChI is InChI=1S/C14H18N4/c1-4-15-13-8-14(17-9-16-13)18-12-6-10(2)5-11(3)7-12/h5-9H,4H2,1-3H3,(H2,15,16,17,18). The van der Waals surface area contributed by atoms with Crippen molar-refractivity contribution in [2.75, 3.05) is 17.2 Å². The second-order valence-electron chi connectivity index (χ2n) is 4.32. The van der Waals surface area contributed by atoms with Gasteiger partial charge in [0.15, 0.2) is 0 Å². The van der Waals surface area contributed by atoms with E-state index < -0.39 is 0 Å². The van der Waals surface area contributed by atoms with Crippen molar-refractivity contribution < 1.29 is 0 Å². The minimum absolute atomic E-state index is 0.797. The Kier molecular flexibility index (Phi) is 3.77. The van der Waals surface area contributed by atoms with Gasteiger partial charge in [0, 0.05) is 18.3 Å². The van der Waals surface area contributed by atoms with Crippen LogP contribution in [-0.2, 0) is 0 Å². The molecule has 4 heteroatoms. The van der Waals surface area contributed by atoms with Gasteiger partial charge in [0.1, 0.15) is 18.0 Å². The van der Waals surface area contributed by atoms with Crippen LogP contribution in [0.25, 0.3) is 0 Å². The molecule has 0 atom stereocenters. The first-order valence-electron chi connectivity index (χ1n) is 6.08. The molecule has 18 heavy (non-hydrogen) atoms. The highest BCUT2D eigenvalue weighted by atomic mass is 15.1. The fourth-order valence-electron chi connectivity index (χ4n) is 1.90. The van der Waals surface area contributed by atoms with Crippen molar-refractivity contribution in [1.29, 1.82) is 0 Å². The number of nitrogens with one attached hydrogen (secondary N) is 2. The van der Waals surface area contributed by atoms with Gasteiger partial charge in [0.25, 0.3) is 0 Å². The van der Waals surface area contributed by atoms with Crippen molar-refractivity contribution in [2.24, 2.45) is 0 Å². The third-order valence-electron chi connectivity index (χ3n) is 2.52. The molecule has 0 saturated carbocycles. The minimum atomic E-state index is 0.797. The number of hydrogen-bond acceptors (Lipinski definition) is 4. The van der Waals surface area contributed by atoms with Crippen molar-refractivity contribution in [3.05, 3.63) is 41.7 Å². The van der Waals surface area contributed by atoms with Crippen LogP contribution >= 0.6 is 0 Å². The summed E-state index contributed by atoms with van der Waals surface area (Å²) in [7, 11) is 0. The molecule has 2 aromatic rings. The predicted molar refractivity (Wildman–Crippen MR) is 75.4 cm³/mol. The summed E-state index contributed by atoms with van der Waals surface area (Å²) in [5.74, 6) is 1.63. The zero-order chi connectivity index (χ0) is 13.0. The summed E-state index contributed by atoms with van der Waals surface area (Å²) in [5.41, 5.74) is 3.52. The maximum absolute atomic E-state index is 4.21. The van der Waals surface area contributed by atoms with E-state index >= 15 is 0 Å². The Balaban J connectivity index is 2.20. The summed E-state index contributed by atoms with van der Waals surface area (Å²) >= 11 is 0. The molecular formula is C14H18N4. The lowest BCUT2D eigenvalue weighted by Crippen LogP contribution is -2.01. The van der Waals surface area contributed by atoms with Crippen molar-refractivity contribution in [2.45, 2.75) is 20.8 Å². The lowest BCUT2D eigenvalue weighted by molar-refractivity contribution is 1.11. The Morgan fingerprint density at radius 2 is 1.61 bits per heavy atom. The molecule has 0 aliphatic carbocycles. The highest BCUT2D eigenvalue weighted by molar-refractivity contribution is 5.60. The molecule has 0 spiro atoms. The van der Waals surface area contributed by atoms with Gasteiger partial charge in [-0.05, 0) is 44.0 Å². The smallest absolute Gasteiger partial charge is 0.135 e. The molecule has 2 N–H and O–H groups in total. The summed E-state index contributed by atoms with van der Waals surface area (Å²) in [6, 6.07) is 8.25. The summed E-state index contributed by atoms with van der Waals surface area (Å²) < 4.78 is 0. The van der Waals surface area contributed by atoms with E-state index in [1.165, 1.54) is 11.1 Å². The van der Waals surface area contributed by atoms with Gasteiger partial charge in [0.05, 0.1) is 0 Å². The molecule has 0 aliphatic heterocycles. The van der Waals surface area contributed by atoms with E-state index in [1.807, 2.05) is 13.0 Å². The van der Waals surface area contributed by atoms with Gasteiger partial charge in [-0.3, -0.25) is 0 Å². The molecule has 0 unspecified atom stereocenters. The van der Waals surface area contributed by atoms with Crippen LogP contribution in [0.3, 0.4) is 0 Å². The Morgan fingerprint density at radius 3 is 2.28 bits per heavy atom. The van der Waals surface area contributed by atoms with Crippen LogP contribution in [0.1, 0.15) is 18.1 Å². The third kappa shape index (κ3) is 3.20. The second kappa shape index (κ2) is 5.49. The summed E-state index contributed by atoms with van der Waals surface area (Å²) in [4.78, 5) is 8.36. The van der Waals surface area contributed by atoms with Crippen molar-refractivity contribution in [3.63, 3.8) is 0 Å². The first kappa shape index (κ1) is 12.4. The maximum atomic E-state index is 4.21. The molecule has 1 aromatic carbocycles. The van der Waals surface area contributed by atoms with Gasteiger partial charge >= 0.3 is 0 Å². The second-order valence-corrected chi connectivity index (χ2v) is 4.32. The van der Waals surface area contributed by atoms with Gasteiger partial charge in [-0.2, -0.15) is 0 Å². The highest BCUT2D eigenvalue weighted by Gasteiger charge is 2.00. The molecule has 1 aromatic heterocycles. The van der Waals surface area contributed by atoms with Gasteiger partial charge in [0.2, 0.25) is 0 Å². The molecule has 4 nitrogen and oxygen atoms in total.